The predicted molar refractivity (Wildman–Crippen MR) is 105 cm³/mol. The largest absolute Gasteiger partial charge is 0.494 e. The number of hydrogen-bond acceptors (Lipinski definition) is 3. The van der Waals surface area contributed by atoms with Crippen molar-refractivity contribution < 1.29 is 18.7 Å². The molecule has 1 aliphatic rings. The number of amides is 3. The Kier molecular flexibility index (Phi) is 6.13. The van der Waals surface area contributed by atoms with Crippen molar-refractivity contribution in [2.75, 3.05) is 25.6 Å². The van der Waals surface area contributed by atoms with E-state index >= 15 is 0 Å². The number of ether oxygens (including phenoxy) is 1. The highest BCUT2D eigenvalue weighted by atomic mass is 19.1. The second-order valence-electron chi connectivity index (χ2n) is 6.80. The number of urea groups is 1. The fourth-order valence-electron chi connectivity index (χ4n) is 3.18. The maximum absolute atomic E-state index is 13.8. The summed E-state index contributed by atoms with van der Waals surface area (Å²) >= 11 is 0. The van der Waals surface area contributed by atoms with Gasteiger partial charge in [-0.1, -0.05) is 18.2 Å². The number of methoxy groups -OCH3 is 1. The topological polar surface area (TPSA) is 61.9 Å². The minimum absolute atomic E-state index is 0.151. The van der Waals surface area contributed by atoms with E-state index in [1.807, 2.05) is 24.3 Å². The van der Waals surface area contributed by atoms with Crippen LogP contribution in [0.4, 0.5) is 14.9 Å². The maximum Gasteiger partial charge on any atom is 0.317 e. The third-order valence-corrected chi connectivity index (χ3v) is 4.75. The highest BCUT2D eigenvalue weighted by Crippen LogP contribution is 2.21. The van der Waals surface area contributed by atoms with Crippen molar-refractivity contribution in [2.24, 2.45) is 0 Å². The van der Waals surface area contributed by atoms with E-state index < -0.39 is 5.82 Å². The lowest BCUT2D eigenvalue weighted by molar-refractivity contribution is -0.117. The molecular formula is C21H24FN3O3. The van der Waals surface area contributed by atoms with Crippen molar-refractivity contribution in [3.63, 3.8) is 0 Å². The Labute approximate surface area is 163 Å². The van der Waals surface area contributed by atoms with E-state index in [2.05, 4.69) is 5.32 Å². The van der Waals surface area contributed by atoms with Crippen molar-refractivity contribution in [1.82, 2.24) is 10.2 Å². The molecule has 6 nitrogen and oxygen atoms in total. The molecule has 3 rings (SSSR count). The Bertz CT molecular complexity index is 854. The average molecular weight is 385 g/mol. The van der Waals surface area contributed by atoms with Gasteiger partial charge in [0.05, 0.1) is 7.11 Å². The van der Waals surface area contributed by atoms with E-state index in [9.17, 15) is 14.0 Å². The number of nitrogens with one attached hydrogen (secondary N) is 1. The molecule has 0 aromatic heterocycles. The van der Waals surface area contributed by atoms with Crippen LogP contribution in [0.25, 0.3) is 0 Å². The molecule has 1 aliphatic heterocycles. The van der Waals surface area contributed by atoms with Gasteiger partial charge in [0.15, 0.2) is 11.6 Å². The Morgan fingerprint density at radius 3 is 2.54 bits per heavy atom. The quantitative estimate of drug-likeness (QED) is 0.830. The van der Waals surface area contributed by atoms with Crippen molar-refractivity contribution in [3.8, 4) is 5.75 Å². The smallest absolute Gasteiger partial charge is 0.317 e. The first kappa shape index (κ1) is 19.7. The van der Waals surface area contributed by atoms with Crippen LogP contribution in [0.1, 0.15) is 24.0 Å². The molecular weight excluding hydrogens is 361 g/mol. The summed E-state index contributed by atoms with van der Waals surface area (Å²) in [5.74, 6) is -0.127. The molecule has 7 heteroatoms. The number of carbonyl (C=O) groups excluding carboxylic acids is 2. The van der Waals surface area contributed by atoms with Crippen LogP contribution < -0.4 is 15.0 Å². The summed E-state index contributed by atoms with van der Waals surface area (Å²) in [5.41, 5.74) is 2.50. The van der Waals surface area contributed by atoms with E-state index in [1.165, 1.54) is 18.1 Å². The van der Waals surface area contributed by atoms with Crippen LogP contribution in [0.5, 0.6) is 5.75 Å². The standard InChI is InChI=1S/C21H24FN3O3/c1-24(14-16-7-10-19(28-2)18(22)12-16)21(27)23-13-15-5-8-17(9-6-15)25-11-3-4-20(25)26/h5-10,12H,3-4,11,13-14H2,1-2H3,(H,23,27). The Balaban J connectivity index is 1.51. The normalized spacial score (nSPS) is 13.5. The minimum Gasteiger partial charge on any atom is -0.494 e. The second-order valence-corrected chi connectivity index (χ2v) is 6.80. The van der Waals surface area contributed by atoms with E-state index in [4.69, 9.17) is 4.74 Å². The molecule has 0 aliphatic carbocycles. The second kappa shape index (κ2) is 8.73. The summed E-state index contributed by atoms with van der Waals surface area (Å²) in [4.78, 5) is 27.3. The molecule has 1 N–H and O–H groups in total. The molecule has 3 amide bonds. The van der Waals surface area contributed by atoms with Gasteiger partial charge in [0.1, 0.15) is 0 Å². The van der Waals surface area contributed by atoms with Crippen LogP contribution >= 0.6 is 0 Å². The fraction of sp³-hybridized carbons (Fsp3) is 0.333. The lowest BCUT2D eigenvalue weighted by Crippen LogP contribution is -2.36. The highest BCUT2D eigenvalue weighted by molar-refractivity contribution is 5.95. The fourth-order valence-corrected chi connectivity index (χ4v) is 3.18. The summed E-state index contributed by atoms with van der Waals surface area (Å²) in [6, 6.07) is 12.0. The molecule has 0 saturated carbocycles. The van der Waals surface area contributed by atoms with Crippen LogP contribution in [0.2, 0.25) is 0 Å². The molecule has 28 heavy (non-hydrogen) atoms. The molecule has 148 valence electrons. The zero-order valence-corrected chi connectivity index (χ0v) is 16.1. The monoisotopic (exact) mass is 385 g/mol. The van der Waals surface area contributed by atoms with E-state index in [0.717, 1.165) is 24.2 Å². The zero-order chi connectivity index (χ0) is 20.1. The molecule has 2 aromatic rings. The Morgan fingerprint density at radius 1 is 1.21 bits per heavy atom. The van der Waals surface area contributed by atoms with E-state index in [1.54, 1.807) is 24.1 Å². The number of nitrogens with zero attached hydrogens (tertiary/aromatic N) is 2. The van der Waals surface area contributed by atoms with Crippen LogP contribution in [-0.2, 0) is 17.9 Å². The summed E-state index contributed by atoms with van der Waals surface area (Å²) < 4.78 is 18.7. The molecule has 1 fully saturated rings. The first-order valence-electron chi connectivity index (χ1n) is 9.18. The first-order valence-corrected chi connectivity index (χ1v) is 9.18. The number of carbonyl (C=O) groups is 2. The third-order valence-electron chi connectivity index (χ3n) is 4.75. The van der Waals surface area contributed by atoms with Gasteiger partial charge in [0.25, 0.3) is 0 Å². The molecule has 1 saturated heterocycles. The van der Waals surface area contributed by atoms with Gasteiger partial charge >= 0.3 is 6.03 Å². The zero-order valence-electron chi connectivity index (χ0n) is 16.1. The van der Waals surface area contributed by atoms with Gasteiger partial charge in [-0.25, -0.2) is 9.18 Å². The molecule has 0 atom stereocenters. The van der Waals surface area contributed by atoms with Crippen molar-refractivity contribution in [3.05, 3.63) is 59.4 Å². The Morgan fingerprint density at radius 2 is 1.93 bits per heavy atom. The average Bonchev–Trinajstić information content (AvgIpc) is 3.12. The molecule has 0 radical (unpaired) electrons. The van der Waals surface area contributed by atoms with Crippen molar-refractivity contribution in [2.45, 2.75) is 25.9 Å². The van der Waals surface area contributed by atoms with Crippen LogP contribution in [-0.4, -0.2) is 37.5 Å². The minimum atomic E-state index is -0.453. The maximum atomic E-state index is 13.8. The number of benzene rings is 2. The highest BCUT2D eigenvalue weighted by Gasteiger charge is 2.21. The number of halogens is 1. The van der Waals surface area contributed by atoms with Crippen molar-refractivity contribution >= 4 is 17.6 Å². The van der Waals surface area contributed by atoms with Crippen molar-refractivity contribution in [1.29, 1.82) is 0 Å². The lowest BCUT2D eigenvalue weighted by atomic mass is 10.2. The number of anilines is 1. The van der Waals surface area contributed by atoms with Gasteiger partial charge < -0.3 is 19.9 Å². The molecule has 2 aromatic carbocycles. The third kappa shape index (κ3) is 4.60. The van der Waals surface area contributed by atoms with E-state index in [0.29, 0.717) is 18.5 Å². The van der Waals surface area contributed by atoms with Gasteiger partial charge in [-0.05, 0) is 41.8 Å². The van der Waals surface area contributed by atoms with Gasteiger partial charge in [0.2, 0.25) is 5.91 Å². The summed E-state index contributed by atoms with van der Waals surface area (Å²) in [6.07, 6.45) is 1.49. The van der Waals surface area contributed by atoms with Gasteiger partial charge in [-0.3, -0.25) is 4.79 Å². The van der Waals surface area contributed by atoms with Crippen LogP contribution in [0.3, 0.4) is 0 Å². The summed E-state index contributed by atoms with van der Waals surface area (Å²) in [5, 5.41) is 2.84. The van der Waals surface area contributed by atoms with Gasteiger partial charge in [0, 0.05) is 38.8 Å². The number of hydrogen-bond donors (Lipinski definition) is 1. The van der Waals surface area contributed by atoms with Gasteiger partial charge in [-0.2, -0.15) is 0 Å². The van der Waals surface area contributed by atoms with Crippen LogP contribution in [0, 0.1) is 5.82 Å². The van der Waals surface area contributed by atoms with Crippen LogP contribution in [0.15, 0.2) is 42.5 Å². The molecule has 0 bridgehead atoms. The Hall–Kier alpha value is -3.09. The van der Waals surface area contributed by atoms with E-state index in [-0.39, 0.29) is 24.2 Å². The first-order chi connectivity index (χ1) is 13.5. The van der Waals surface area contributed by atoms with Gasteiger partial charge in [-0.15, -0.1) is 0 Å². The molecule has 0 unspecified atom stereocenters. The SMILES string of the molecule is COc1ccc(CN(C)C(=O)NCc2ccc(N3CCCC3=O)cc2)cc1F. The summed E-state index contributed by atoms with van der Waals surface area (Å²) in [6.45, 7) is 1.41. The molecule has 1 heterocycles. The predicted octanol–water partition coefficient (Wildman–Crippen LogP) is 3.30. The number of rotatable bonds is 6. The molecule has 0 spiro atoms. The summed E-state index contributed by atoms with van der Waals surface area (Å²) in [7, 11) is 3.06. The lowest BCUT2D eigenvalue weighted by Gasteiger charge is -2.19.